The van der Waals surface area contributed by atoms with Gasteiger partial charge in [0.15, 0.2) is 0 Å². The Morgan fingerprint density at radius 2 is 1.91 bits per heavy atom. The number of aliphatic carboxylic acids is 2. The molecule has 1 aliphatic carbocycles. The number of benzene rings is 1. The van der Waals surface area contributed by atoms with E-state index in [0.29, 0.717) is 5.75 Å². The van der Waals surface area contributed by atoms with E-state index in [1.54, 1.807) is 19.1 Å². The number of hydrogen-bond acceptors (Lipinski definition) is 3. The first-order valence-electron chi connectivity index (χ1n) is 6.61. The van der Waals surface area contributed by atoms with Crippen LogP contribution >= 0.6 is 11.8 Å². The standard InChI is InChI=1S/C16H15FO4S/c1-10-13(14(18)19)3-2-8-16(10,15(20)21)22-9-11-4-6-12(17)7-5-11/h2-8,10H,9H2,1H3,(H,18,19)(H,20,21)/t10?,16-/m1/s1. The van der Waals surface area contributed by atoms with E-state index in [2.05, 4.69) is 0 Å². The van der Waals surface area contributed by atoms with Crippen molar-refractivity contribution in [3.63, 3.8) is 0 Å². The highest BCUT2D eigenvalue weighted by molar-refractivity contribution is 8.00. The van der Waals surface area contributed by atoms with Gasteiger partial charge < -0.3 is 10.2 Å². The van der Waals surface area contributed by atoms with Gasteiger partial charge in [0.25, 0.3) is 0 Å². The zero-order chi connectivity index (χ0) is 16.3. The lowest BCUT2D eigenvalue weighted by molar-refractivity contribution is -0.139. The van der Waals surface area contributed by atoms with Crippen molar-refractivity contribution >= 4 is 23.7 Å². The summed E-state index contributed by atoms with van der Waals surface area (Å²) in [7, 11) is 0. The maximum atomic E-state index is 12.9. The van der Waals surface area contributed by atoms with E-state index < -0.39 is 22.6 Å². The number of carbonyl (C=O) groups is 2. The molecular formula is C16H15FO4S. The lowest BCUT2D eigenvalue weighted by atomic mass is 9.82. The lowest BCUT2D eigenvalue weighted by Crippen LogP contribution is -2.43. The van der Waals surface area contributed by atoms with Gasteiger partial charge in [-0.1, -0.05) is 37.3 Å². The monoisotopic (exact) mass is 322 g/mol. The average Bonchev–Trinajstić information content (AvgIpc) is 2.47. The number of allylic oxidation sites excluding steroid dienone is 2. The van der Waals surface area contributed by atoms with Crippen LogP contribution in [0.4, 0.5) is 4.39 Å². The summed E-state index contributed by atoms with van der Waals surface area (Å²) >= 11 is 1.13. The maximum Gasteiger partial charge on any atom is 0.331 e. The molecule has 0 bridgehead atoms. The Kier molecular flexibility index (Phi) is 4.71. The first-order chi connectivity index (χ1) is 10.4. The van der Waals surface area contributed by atoms with Gasteiger partial charge in [0.05, 0.1) is 0 Å². The van der Waals surface area contributed by atoms with E-state index in [1.807, 2.05) is 0 Å². The van der Waals surface area contributed by atoms with Gasteiger partial charge in [0, 0.05) is 17.2 Å². The van der Waals surface area contributed by atoms with Crippen LogP contribution in [0.5, 0.6) is 0 Å². The first kappa shape index (κ1) is 16.3. The van der Waals surface area contributed by atoms with Crippen LogP contribution in [0.25, 0.3) is 0 Å². The van der Waals surface area contributed by atoms with Crippen LogP contribution in [0.3, 0.4) is 0 Å². The topological polar surface area (TPSA) is 74.6 Å². The average molecular weight is 322 g/mol. The van der Waals surface area contributed by atoms with E-state index in [9.17, 15) is 24.2 Å². The predicted octanol–water partition coefficient (Wildman–Crippen LogP) is 3.10. The zero-order valence-electron chi connectivity index (χ0n) is 11.8. The molecule has 2 rings (SSSR count). The molecule has 2 N–H and O–H groups in total. The molecular weight excluding hydrogens is 307 g/mol. The van der Waals surface area contributed by atoms with Gasteiger partial charge in [-0.3, -0.25) is 4.79 Å². The van der Waals surface area contributed by atoms with Gasteiger partial charge >= 0.3 is 11.9 Å². The van der Waals surface area contributed by atoms with Gasteiger partial charge in [-0.2, -0.15) is 0 Å². The van der Waals surface area contributed by atoms with Crippen molar-refractivity contribution in [1.82, 2.24) is 0 Å². The minimum atomic E-state index is -1.35. The van der Waals surface area contributed by atoms with Crippen LogP contribution in [-0.2, 0) is 15.3 Å². The Morgan fingerprint density at radius 3 is 2.45 bits per heavy atom. The SMILES string of the molecule is CC1C(C(=O)O)=CC=C[C@]1(SCc1ccc(F)cc1)C(=O)O. The molecule has 0 aliphatic heterocycles. The molecule has 6 heteroatoms. The van der Waals surface area contributed by atoms with Crippen molar-refractivity contribution < 1.29 is 24.2 Å². The molecule has 0 spiro atoms. The van der Waals surface area contributed by atoms with Crippen molar-refractivity contribution in [2.24, 2.45) is 5.92 Å². The third-order valence-corrected chi connectivity index (χ3v) is 5.32. The number of halogens is 1. The van der Waals surface area contributed by atoms with Crippen LogP contribution in [0.1, 0.15) is 12.5 Å². The molecule has 0 heterocycles. The summed E-state index contributed by atoms with van der Waals surface area (Å²) in [6.45, 7) is 1.59. The van der Waals surface area contributed by atoms with Crippen LogP contribution in [0.2, 0.25) is 0 Å². The number of hydrogen-bond donors (Lipinski definition) is 2. The summed E-state index contributed by atoms with van der Waals surface area (Å²) in [4.78, 5) is 23.0. The molecule has 0 saturated carbocycles. The first-order valence-corrected chi connectivity index (χ1v) is 7.60. The Bertz CT molecular complexity index is 651. The van der Waals surface area contributed by atoms with Crippen LogP contribution in [-0.4, -0.2) is 26.9 Å². The highest BCUT2D eigenvalue weighted by atomic mass is 32.2. The van der Waals surface area contributed by atoms with Crippen LogP contribution in [0.15, 0.2) is 48.1 Å². The van der Waals surface area contributed by atoms with Gasteiger partial charge in [-0.25, -0.2) is 9.18 Å². The van der Waals surface area contributed by atoms with E-state index in [0.717, 1.165) is 17.3 Å². The Balaban J connectivity index is 2.25. The van der Waals surface area contributed by atoms with E-state index in [-0.39, 0.29) is 11.4 Å². The van der Waals surface area contributed by atoms with E-state index >= 15 is 0 Å². The molecule has 1 aliphatic rings. The van der Waals surface area contributed by atoms with Crippen LogP contribution < -0.4 is 0 Å². The Hall–Kier alpha value is -2.08. The summed E-state index contributed by atoms with van der Waals surface area (Å²) in [6, 6.07) is 5.80. The quantitative estimate of drug-likeness (QED) is 0.871. The van der Waals surface area contributed by atoms with E-state index in [4.69, 9.17) is 0 Å². The summed E-state index contributed by atoms with van der Waals surface area (Å²) in [5.41, 5.74) is 0.843. The second-order valence-electron chi connectivity index (χ2n) is 5.02. The molecule has 22 heavy (non-hydrogen) atoms. The highest BCUT2D eigenvalue weighted by Gasteiger charge is 2.46. The maximum absolute atomic E-state index is 12.9. The Labute approximate surface area is 131 Å². The van der Waals surface area contributed by atoms with Gasteiger partial charge in [-0.05, 0) is 17.7 Å². The minimum absolute atomic E-state index is 0.0662. The fourth-order valence-corrected chi connectivity index (χ4v) is 3.62. The number of rotatable bonds is 5. The van der Waals surface area contributed by atoms with Crippen molar-refractivity contribution in [2.45, 2.75) is 17.4 Å². The summed E-state index contributed by atoms with van der Waals surface area (Å²) < 4.78 is 11.6. The zero-order valence-corrected chi connectivity index (χ0v) is 12.6. The largest absolute Gasteiger partial charge is 0.480 e. The van der Waals surface area contributed by atoms with Gasteiger partial charge in [-0.15, -0.1) is 11.8 Å². The third-order valence-electron chi connectivity index (χ3n) is 3.70. The van der Waals surface area contributed by atoms with Gasteiger partial charge in [0.1, 0.15) is 10.6 Å². The van der Waals surface area contributed by atoms with Crippen molar-refractivity contribution in [3.8, 4) is 0 Å². The number of thioether (sulfide) groups is 1. The molecule has 0 aromatic heterocycles. The van der Waals surface area contributed by atoms with Crippen molar-refractivity contribution in [3.05, 3.63) is 59.4 Å². The molecule has 1 aromatic rings. The molecule has 0 radical (unpaired) electrons. The molecule has 0 amide bonds. The highest BCUT2D eigenvalue weighted by Crippen LogP contribution is 2.43. The molecule has 0 fully saturated rings. The van der Waals surface area contributed by atoms with Crippen LogP contribution in [0, 0.1) is 11.7 Å². The van der Waals surface area contributed by atoms with Crippen molar-refractivity contribution in [2.75, 3.05) is 0 Å². The molecule has 1 aromatic carbocycles. The lowest BCUT2D eigenvalue weighted by Gasteiger charge is -2.34. The summed E-state index contributed by atoms with van der Waals surface area (Å²) in [5, 5.41) is 18.8. The third kappa shape index (κ3) is 3.06. The molecule has 2 atom stereocenters. The summed E-state index contributed by atoms with van der Waals surface area (Å²) in [6.07, 6.45) is 4.41. The van der Waals surface area contributed by atoms with Crippen molar-refractivity contribution in [1.29, 1.82) is 0 Å². The molecule has 116 valence electrons. The summed E-state index contributed by atoms with van der Waals surface area (Å²) in [5.74, 6) is -2.91. The fourth-order valence-electron chi connectivity index (χ4n) is 2.35. The Morgan fingerprint density at radius 1 is 1.27 bits per heavy atom. The molecule has 1 unspecified atom stereocenters. The second-order valence-corrected chi connectivity index (χ2v) is 6.27. The number of carboxylic acids is 2. The smallest absolute Gasteiger partial charge is 0.331 e. The van der Waals surface area contributed by atoms with Gasteiger partial charge in [0.2, 0.25) is 0 Å². The van der Waals surface area contributed by atoms with E-state index in [1.165, 1.54) is 30.4 Å². The molecule has 0 saturated heterocycles. The minimum Gasteiger partial charge on any atom is -0.480 e. The predicted molar refractivity (Wildman–Crippen MR) is 82.1 cm³/mol. The second kappa shape index (κ2) is 6.36. The molecule has 4 nitrogen and oxygen atoms in total. The number of carboxylic acid groups (broad SMARTS) is 2. The normalized spacial score (nSPS) is 23.9. The fraction of sp³-hybridized carbons (Fsp3) is 0.250.